The SMILES string of the molecule is O=C(CCc1ccccc1)N1CC(Oc2ccc(-c3noc(-c4ccncc4)n3)cc2)C1. The van der Waals surface area contributed by atoms with Gasteiger partial charge in [0, 0.05) is 29.9 Å². The summed E-state index contributed by atoms with van der Waals surface area (Å²) in [6.45, 7) is 1.24. The van der Waals surface area contributed by atoms with Crippen LogP contribution >= 0.6 is 0 Å². The van der Waals surface area contributed by atoms with Crippen molar-refractivity contribution in [1.82, 2.24) is 20.0 Å². The van der Waals surface area contributed by atoms with Crippen LogP contribution in [0.1, 0.15) is 12.0 Å². The molecule has 1 aliphatic heterocycles. The molecule has 32 heavy (non-hydrogen) atoms. The van der Waals surface area contributed by atoms with Crippen LogP contribution in [0.4, 0.5) is 0 Å². The van der Waals surface area contributed by atoms with Crippen molar-refractivity contribution in [2.75, 3.05) is 13.1 Å². The maximum absolute atomic E-state index is 12.3. The maximum Gasteiger partial charge on any atom is 0.258 e. The maximum atomic E-state index is 12.3. The molecule has 7 heteroatoms. The van der Waals surface area contributed by atoms with Crippen molar-refractivity contribution in [2.45, 2.75) is 18.9 Å². The third-order valence-electron chi connectivity index (χ3n) is 5.44. The van der Waals surface area contributed by atoms with Gasteiger partial charge in [-0.3, -0.25) is 9.78 Å². The molecule has 2 aromatic carbocycles. The van der Waals surface area contributed by atoms with Gasteiger partial charge in [-0.05, 0) is 48.4 Å². The topological polar surface area (TPSA) is 81.4 Å². The zero-order valence-electron chi connectivity index (χ0n) is 17.4. The van der Waals surface area contributed by atoms with E-state index in [0.29, 0.717) is 31.2 Å². The number of benzene rings is 2. The lowest BCUT2D eigenvalue weighted by atomic mass is 10.1. The molecule has 7 nitrogen and oxygen atoms in total. The van der Waals surface area contributed by atoms with E-state index in [1.54, 1.807) is 12.4 Å². The molecule has 0 N–H and O–H groups in total. The number of rotatable bonds is 7. The molecule has 0 bridgehead atoms. The summed E-state index contributed by atoms with van der Waals surface area (Å²) in [6.07, 6.45) is 4.68. The van der Waals surface area contributed by atoms with Crippen LogP contribution in [-0.2, 0) is 11.2 Å². The number of aryl methyl sites for hydroxylation is 1. The van der Waals surface area contributed by atoms with Crippen molar-refractivity contribution in [3.63, 3.8) is 0 Å². The number of carbonyl (C=O) groups is 1. The lowest BCUT2D eigenvalue weighted by Gasteiger charge is -2.39. The van der Waals surface area contributed by atoms with E-state index in [1.807, 2.05) is 71.6 Å². The largest absolute Gasteiger partial charge is 0.487 e. The Hall–Kier alpha value is -4.00. The quantitative estimate of drug-likeness (QED) is 0.444. The monoisotopic (exact) mass is 426 g/mol. The second kappa shape index (κ2) is 9.01. The van der Waals surface area contributed by atoms with Crippen LogP contribution in [0.15, 0.2) is 83.6 Å². The highest BCUT2D eigenvalue weighted by molar-refractivity contribution is 5.77. The van der Waals surface area contributed by atoms with Crippen molar-refractivity contribution in [3.8, 4) is 28.6 Å². The van der Waals surface area contributed by atoms with E-state index in [2.05, 4.69) is 15.1 Å². The summed E-state index contributed by atoms with van der Waals surface area (Å²) in [7, 11) is 0. The molecule has 1 fully saturated rings. The van der Waals surface area contributed by atoms with E-state index in [-0.39, 0.29) is 12.0 Å². The number of likely N-dealkylation sites (tertiary alicyclic amines) is 1. The summed E-state index contributed by atoms with van der Waals surface area (Å²) in [6, 6.07) is 21.3. The van der Waals surface area contributed by atoms with E-state index in [1.165, 1.54) is 5.56 Å². The standard InChI is InChI=1S/C25H22N4O3/c30-23(11-6-18-4-2-1-3-5-18)29-16-22(17-29)31-21-9-7-19(8-10-21)24-27-25(32-28-24)20-12-14-26-15-13-20/h1-5,7-10,12-15,22H,6,11,16-17H2. The fourth-order valence-electron chi connectivity index (χ4n) is 3.60. The first-order chi connectivity index (χ1) is 15.7. The van der Waals surface area contributed by atoms with Gasteiger partial charge in [-0.2, -0.15) is 4.98 Å². The molecule has 4 aromatic rings. The summed E-state index contributed by atoms with van der Waals surface area (Å²) in [5, 5.41) is 4.06. The molecule has 0 unspecified atom stereocenters. The molecule has 0 spiro atoms. The number of nitrogens with zero attached hydrogens (tertiary/aromatic N) is 4. The summed E-state index contributed by atoms with van der Waals surface area (Å²) in [4.78, 5) is 22.6. The first kappa shape index (κ1) is 19.9. The highest BCUT2D eigenvalue weighted by atomic mass is 16.5. The molecule has 3 heterocycles. The number of pyridine rings is 1. The van der Waals surface area contributed by atoms with Gasteiger partial charge in [0.1, 0.15) is 11.9 Å². The predicted molar refractivity (Wildman–Crippen MR) is 119 cm³/mol. The van der Waals surface area contributed by atoms with Crippen LogP contribution < -0.4 is 4.74 Å². The second-order valence-corrected chi connectivity index (χ2v) is 7.71. The van der Waals surface area contributed by atoms with Crippen molar-refractivity contribution < 1.29 is 14.1 Å². The molecular weight excluding hydrogens is 404 g/mol. The third kappa shape index (κ3) is 4.51. The molecule has 0 saturated carbocycles. The van der Waals surface area contributed by atoms with Crippen LogP contribution in [0.3, 0.4) is 0 Å². The van der Waals surface area contributed by atoms with Gasteiger partial charge in [0.05, 0.1) is 13.1 Å². The predicted octanol–water partition coefficient (Wildman–Crippen LogP) is 4.02. The average molecular weight is 426 g/mol. The van der Waals surface area contributed by atoms with Crippen LogP contribution in [0.2, 0.25) is 0 Å². The molecule has 1 saturated heterocycles. The van der Waals surface area contributed by atoms with E-state index in [9.17, 15) is 4.79 Å². The Kier molecular flexibility index (Phi) is 5.61. The minimum atomic E-state index is 0.0185. The Bertz CT molecular complexity index is 1170. The average Bonchev–Trinajstić information content (AvgIpc) is 3.32. The molecular formula is C25H22N4O3. The van der Waals surface area contributed by atoms with E-state index in [4.69, 9.17) is 9.26 Å². The molecule has 2 aromatic heterocycles. The third-order valence-corrected chi connectivity index (χ3v) is 5.44. The van der Waals surface area contributed by atoms with Crippen LogP contribution in [0.25, 0.3) is 22.8 Å². The van der Waals surface area contributed by atoms with Crippen molar-refractivity contribution in [1.29, 1.82) is 0 Å². The van der Waals surface area contributed by atoms with Gasteiger partial charge in [-0.1, -0.05) is 35.5 Å². The summed E-state index contributed by atoms with van der Waals surface area (Å²) in [5.74, 6) is 1.90. The van der Waals surface area contributed by atoms with Gasteiger partial charge in [-0.25, -0.2) is 0 Å². The number of hydrogen-bond acceptors (Lipinski definition) is 6. The smallest absolute Gasteiger partial charge is 0.258 e. The minimum absolute atomic E-state index is 0.0185. The van der Waals surface area contributed by atoms with Crippen molar-refractivity contribution >= 4 is 5.91 Å². The Morgan fingerprint density at radius 2 is 1.72 bits per heavy atom. The van der Waals surface area contributed by atoms with Crippen LogP contribution in [0, 0.1) is 0 Å². The van der Waals surface area contributed by atoms with Crippen LogP contribution in [-0.4, -0.2) is 45.1 Å². The zero-order chi connectivity index (χ0) is 21.8. The molecule has 160 valence electrons. The summed E-state index contributed by atoms with van der Waals surface area (Å²) in [5.41, 5.74) is 2.85. The highest BCUT2D eigenvalue weighted by Crippen LogP contribution is 2.25. The van der Waals surface area contributed by atoms with E-state index in [0.717, 1.165) is 23.3 Å². The van der Waals surface area contributed by atoms with Gasteiger partial charge in [0.2, 0.25) is 11.7 Å². The summed E-state index contributed by atoms with van der Waals surface area (Å²) < 4.78 is 11.3. The number of aromatic nitrogens is 3. The molecule has 0 atom stereocenters. The van der Waals surface area contributed by atoms with Gasteiger partial charge < -0.3 is 14.2 Å². The Morgan fingerprint density at radius 3 is 2.47 bits per heavy atom. The second-order valence-electron chi connectivity index (χ2n) is 7.71. The zero-order valence-corrected chi connectivity index (χ0v) is 17.4. The van der Waals surface area contributed by atoms with Gasteiger partial charge in [0.15, 0.2) is 0 Å². The molecule has 1 amide bonds. The fraction of sp³-hybridized carbons (Fsp3) is 0.200. The van der Waals surface area contributed by atoms with Gasteiger partial charge in [0.25, 0.3) is 5.89 Å². The summed E-state index contributed by atoms with van der Waals surface area (Å²) >= 11 is 0. The highest BCUT2D eigenvalue weighted by Gasteiger charge is 2.31. The number of hydrogen-bond donors (Lipinski definition) is 0. The van der Waals surface area contributed by atoms with E-state index >= 15 is 0 Å². The Labute approximate surface area is 185 Å². The van der Waals surface area contributed by atoms with Crippen LogP contribution in [0.5, 0.6) is 5.75 Å². The normalized spacial score (nSPS) is 13.6. The minimum Gasteiger partial charge on any atom is -0.487 e. The molecule has 1 aliphatic rings. The van der Waals surface area contributed by atoms with E-state index < -0.39 is 0 Å². The fourth-order valence-corrected chi connectivity index (χ4v) is 3.60. The van der Waals surface area contributed by atoms with Gasteiger partial charge in [-0.15, -0.1) is 0 Å². The number of carbonyl (C=O) groups excluding carboxylic acids is 1. The molecule has 0 radical (unpaired) electrons. The number of amides is 1. The molecule has 0 aliphatic carbocycles. The number of ether oxygens (including phenoxy) is 1. The van der Waals surface area contributed by atoms with Gasteiger partial charge >= 0.3 is 0 Å². The first-order valence-electron chi connectivity index (χ1n) is 10.6. The first-order valence-corrected chi connectivity index (χ1v) is 10.6. The Morgan fingerprint density at radius 1 is 0.969 bits per heavy atom. The van der Waals surface area contributed by atoms with Crippen molar-refractivity contribution in [2.24, 2.45) is 0 Å². The lowest BCUT2D eigenvalue weighted by Crippen LogP contribution is -2.56. The lowest BCUT2D eigenvalue weighted by molar-refractivity contribution is -0.139. The van der Waals surface area contributed by atoms with Crippen molar-refractivity contribution in [3.05, 3.63) is 84.7 Å². The Balaban J connectivity index is 1.11. The molecule has 5 rings (SSSR count).